The molecule has 11 heteroatoms. The van der Waals surface area contributed by atoms with Gasteiger partial charge in [-0.3, -0.25) is 9.98 Å². The maximum Gasteiger partial charge on any atom is 0.165 e. The van der Waals surface area contributed by atoms with E-state index in [0.29, 0.717) is 32.5 Å². The first-order valence-corrected chi connectivity index (χ1v) is 12.0. The molecule has 1 aromatic carbocycles. The molecular formula is C21H20Cl2FN5O2S. The molecule has 0 aliphatic carbocycles. The molecule has 32 heavy (non-hydrogen) atoms. The van der Waals surface area contributed by atoms with Gasteiger partial charge in [-0.25, -0.2) is 17.8 Å². The zero-order valence-electron chi connectivity index (χ0n) is 17.4. The van der Waals surface area contributed by atoms with Crippen LogP contribution in [0.2, 0.25) is 10.0 Å². The Balaban J connectivity index is 1.79. The van der Waals surface area contributed by atoms with Gasteiger partial charge in [0.15, 0.2) is 15.7 Å². The summed E-state index contributed by atoms with van der Waals surface area (Å²) in [5, 5.41) is 4.50. The largest absolute Gasteiger partial charge is 0.386 e. The highest BCUT2D eigenvalue weighted by Gasteiger charge is 2.49. The van der Waals surface area contributed by atoms with Crippen molar-refractivity contribution < 1.29 is 12.8 Å². The van der Waals surface area contributed by atoms with Crippen molar-refractivity contribution in [3.8, 4) is 0 Å². The maximum absolute atomic E-state index is 14.9. The van der Waals surface area contributed by atoms with Gasteiger partial charge in [0.25, 0.3) is 0 Å². The third kappa shape index (κ3) is 3.68. The summed E-state index contributed by atoms with van der Waals surface area (Å²) >= 11 is 12.2. The lowest BCUT2D eigenvalue weighted by molar-refractivity contribution is 0.476. The Morgan fingerprint density at radius 2 is 1.84 bits per heavy atom. The van der Waals surface area contributed by atoms with E-state index < -0.39 is 25.9 Å². The SMILES string of the molecule is CC1(c2cc(Nc3ncc(Cl)c4cc(Cl)cnc34)ccc2F)CS(=O)(=O)C(C)(C)C(N)=N1. The van der Waals surface area contributed by atoms with Crippen LogP contribution in [0.25, 0.3) is 10.9 Å². The molecule has 4 rings (SSSR count). The molecule has 1 aliphatic heterocycles. The van der Waals surface area contributed by atoms with Crippen molar-refractivity contribution in [1.29, 1.82) is 0 Å². The van der Waals surface area contributed by atoms with Crippen LogP contribution in [0, 0.1) is 5.82 Å². The number of anilines is 2. The minimum atomic E-state index is -3.68. The summed E-state index contributed by atoms with van der Waals surface area (Å²) in [5.74, 6) is -0.654. The standard InChI is InChI=1S/C21H20Cl2FN5O2S/c1-20(2)19(25)29-21(3,10-32(20,30)31)14-7-12(4-5-16(14)24)28-18-17-13(15(23)9-27-18)6-11(22)8-26-17/h4-9H,10H2,1-3H3,(H2,25,29)(H,27,28). The molecule has 0 saturated carbocycles. The second kappa shape index (κ2) is 7.54. The molecule has 3 N–H and O–H groups in total. The van der Waals surface area contributed by atoms with E-state index in [-0.39, 0.29) is 17.2 Å². The summed E-state index contributed by atoms with van der Waals surface area (Å²) < 4.78 is 39.3. The first-order chi connectivity index (χ1) is 14.8. The Kier molecular flexibility index (Phi) is 5.34. The number of fused-ring (bicyclic) bond motifs is 1. The fourth-order valence-corrected chi connectivity index (χ4v) is 5.62. The number of amidine groups is 1. The Hall–Kier alpha value is -2.49. The number of nitrogens with zero attached hydrogens (tertiary/aromatic N) is 3. The summed E-state index contributed by atoms with van der Waals surface area (Å²) in [7, 11) is -3.68. The van der Waals surface area contributed by atoms with E-state index in [2.05, 4.69) is 20.3 Å². The number of sulfone groups is 1. The molecule has 2 aromatic heterocycles. The summed E-state index contributed by atoms with van der Waals surface area (Å²) in [5.41, 5.74) is 5.64. The van der Waals surface area contributed by atoms with Gasteiger partial charge in [0.05, 0.1) is 15.8 Å². The van der Waals surface area contributed by atoms with Crippen LogP contribution < -0.4 is 11.1 Å². The van der Waals surface area contributed by atoms with Crippen molar-refractivity contribution in [3.05, 3.63) is 58.1 Å². The van der Waals surface area contributed by atoms with Crippen molar-refractivity contribution >= 4 is 61.3 Å². The van der Waals surface area contributed by atoms with Gasteiger partial charge in [-0.05, 0) is 45.0 Å². The molecule has 0 amide bonds. The minimum absolute atomic E-state index is 0.0598. The van der Waals surface area contributed by atoms with Gasteiger partial charge < -0.3 is 11.1 Å². The first-order valence-electron chi connectivity index (χ1n) is 9.59. The molecule has 1 unspecified atom stereocenters. The average Bonchev–Trinajstić information content (AvgIpc) is 2.70. The minimum Gasteiger partial charge on any atom is -0.386 e. The zero-order chi connectivity index (χ0) is 23.5. The smallest absolute Gasteiger partial charge is 0.165 e. The fourth-order valence-electron chi connectivity index (χ4n) is 3.59. The Labute approximate surface area is 194 Å². The summed E-state index contributed by atoms with van der Waals surface area (Å²) in [6.45, 7) is 4.53. The average molecular weight is 496 g/mol. The summed E-state index contributed by atoms with van der Waals surface area (Å²) in [6, 6.07) is 5.91. The van der Waals surface area contributed by atoms with Crippen LogP contribution in [0.5, 0.6) is 0 Å². The monoisotopic (exact) mass is 495 g/mol. The van der Waals surface area contributed by atoms with Gasteiger partial charge >= 0.3 is 0 Å². The number of hydrogen-bond donors (Lipinski definition) is 2. The van der Waals surface area contributed by atoms with Gasteiger partial charge in [-0.15, -0.1) is 0 Å². The fraction of sp³-hybridized carbons (Fsp3) is 0.286. The number of nitrogens with one attached hydrogen (secondary N) is 1. The highest BCUT2D eigenvalue weighted by Crippen LogP contribution is 2.39. The number of pyridine rings is 2. The van der Waals surface area contributed by atoms with E-state index in [4.69, 9.17) is 28.9 Å². The van der Waals surface area contributed by atoms with E-state index in [1.165, 1.54) is 44.4 Å². The van der Waals surface area contributed by atoms with Crippen molar-refractivity contribution in [2.45, 2.75) is 31.1 Å². The molecule has 0 fully saturated rings. The number of rotatable bonds is 3. The second-order valence-corrected chi connectivity index (χ2v) is 11.7. The van der Waals surface area contributed by atoms with Crippen molar-refractivity contribution in [1.82, 2.24) is 9.97 Å². The number of benzene rings is 1. The zero-order valence-corrected chi connectivity index (χ0v) is 19.8. The highest BCUT2D eigenvalue weighted by atomic mass is 35.5. The number of aliphatic imine (C=N–C) groups is 1. The lowest BCUT2D eigenvalue weighted by Gasteiger charge is -2.38. The van der Waals surface area contributed by atoms with Gasteiger partial charge in [0, 0.05) is 29.0 Å². The molecule has 0 spiro atoms. The molecule has 3 heterocycles. The van der Waals surface area contributed by atoms with E-state index in [1.807, 2.05) is 0 Å². The van der Waals surface area contributed by atoms with E-state index in [1.54, 1.807) is 13.0 Å². The Morgan fingerprint density at radius 3 is 2.53 bits per heavy atom. The molecule has 0 bridgehead atoms. The third-order valence-corrected chi connectivity index (χ3v) is 8.90. The first kappa shape index (κ1) is 22.7. The highest BCUT2D eigenvalue weighted by molar-refractivity contribution is 7.93. The quantitative estimate of drug-likeness (QED) is 0.549. The molecular weight excluding hydrogens is 476 g/mol. The van der Waals surface area contributed by atoms with Gasteiger partial charge in [-0.1, -0.05) is 23.2 Å². The van der Waals surface area contributed by atoms with Crippen LogP contribution in [0.1, 0.15) is 26.3 Å². The van der Waals surface area contributed by atoms with Gasteiger partial charge in [0.1, 0.15) is 27.5 Å². The lowest BCUT2D eigenvalue weighted by Crippen LogP contribution is -2.54. The number of nitrogens with two attached hydrogens (primary N) is 1. The summed E-state index contributed by atoms with van der Waals surface area (Å²) in [6.07, 6.45) is 2.92. The molecule has 1 atom stereocenters. The van der Waals surface area contributed by atoms with E-state index in [9.17, 15) is 12.8 Å². The predicted octanol–water partition coefficient (Wildman–Crippen LogP) is 4.60. The Bertz CT molecular complexity index is 1390. The van der Waals surface area contributed by atoms with Crippen LogP contribution in [-0.4, -0.2) is 34.7 Å². The topological polar surface area (TPSA) is 110 Å². The third-order valence-electron chi connectivity index (χ3n) is 5.68. The molecule has 0 saturated heterocycles. The van der Waals surface area contributed by atoms with Gasteiger partial charge in [0.2, 0.25) is 0 Å². The summed E-state index contributed by atoms with van der Waals surface area (Å²) in [4.78, 5) is 13.0. The van der Waals surface area contributed by atoms with Gasteiger partial charge in [-0.2, -0.15) is 0 Å². The van der Waals surface area contributed by atoms with Crippen molar-refractivity contribution in [3.63, 3.8) is 0 Å². The molecule has 7 nitrogen and oxygen atoms in total. The molecule has 1 aliphatic rings. The Morgan fingerprint density at radius 1 is 1.12 bits per heavy atom. The lowest BCUT2D eigenvalue weighted by atomic mass is 9.92. The van der Waals surface area contributed by atoms with E-state index >= 15 is 0 Å². The predicted molar refractivity (Wildman–Crippen MR) is 126 cm³/mol. The van der Waals surface area contributed by atoms with Crippen LogP contribution in [0.4, 0.5) is 15.9 Å². The molecule has 3 aromatic rings. The number of hydrogen-bond acceptors (Lipinski definition) is 7. The van der Waals surface area contributed by atoms with Crippen molar-refractivity contribution in [2.24, 2.45) is 10.7 Å². The number of aromatic nitrogens is 2. The second-order valence-electron chi connectivity index (χ2n) is 8.36. The normalized spacial score (nSPS) is 21.9. The van der Waals surface area contributed by atoms with Crippen LogP contribution in [0.15, 0.2) is 41.7 Å². The number of halogens is 3. The maximum atomic E-state index is 14.9. The van der Waals surface area contributed by atoms with E-state index in [0.717, 1.165) is 0 Å². The van der Waals surface area contributed by atoms with Crippen LogP contribution in [-0.2, 0) is 15.4 Å². The van der Waals surface area contributed by atoms with Crippen LogP contribution in [0.3, 0.4) is 0 Å². The van der Waals surface area contributed by atoms with Crippen molar-refractivity contribution in [2.75, 3.05) is 11.1 Å². The molecule has 168 valence electrons. The molecule has 0 radical (unpaired) electrons. The van der Waals surface area contributed by atoms with Crippen LogP contribution >= 0.6 is 23.2 Å².